The van der Waals surface area contributed by atoms with E-state index in [4.69, 9.17) is 9.47 Å². The molecule has 0 saturated heterocycles. The number of hydrogen-bond acceptors (Lipinski definition) is 6. The van der Waals surface area contributed by atoms with Crippen LogP contribution < -0.4 is 0 Å². The van der Waals surface area contributed by atoms with Crippen molar-refractivity contribution in [2.24, 2.45) is 0 Å². The molecule has 0 spiro atoms. The van der Waals surface area contributed by atoms with Crippen molar-refractivity contribution in [3.8, 4) is 0 Å². The van der Waals surface area contributed by atoms with Crippen molar-refractivity contribution in [1.82, 2.24) is 0 Å². The van der Waals surface area contributed by atoms with Crippen LogP contribution in [0.2, 0.25) is 0 Å². The second-order valence-electron chi connectivity index (χ2n) is 6.95. The molecule has 0 amide bonds. The van der Waals surface area contributed by atoms with Crippen LogP contribution in [0.3, 0.4) is 0 Å². The third kappa shape index (κ3) is 8.67. The van der Waals surface area contributed by atoms with Gasteiger partial charge in [0.1, 0.15) is 0 Å². The molecule has 1 unspecified atom stereocenters. The van der Waals surface area contributed by atoms with Crippen LogP contribution >= 0.6 is 0 Å². The molecule has 1 N–H and O–H groups in total. The van der Waals surface area contributed by atoms with Crippen LogP contribution in [0.4, 0.5) is 0 Å². The number of carbonyl (C=O) groups excluding carboxylic acids is 2. The zero-order valence-electron chi connectivity index (χ0n) is 17.8. The van der Waals surface area contributed by atoms with Crippen LogP contribution in [0.25, 0.3) is 0 Å². The molecule has 0 saturated carbocycles. The van der Waals surface area contributed by atoms with E-state index in [0.29, 0.717) is 6.42 Å². The van der Waals surface area contributed by atoms with E-state index in [-0.39, 0.29) is 44.1 Å². The van der Waals surface area contributed by atoms with Gasteiger partial charge in [-0.3, -0.25) is 4.55 Å². The number of ether oxygens (including phenoxy) is 2. The molecule has 0 aromatic heterocycles. The van der Waals surface area contributed by atoms with E-state index in [9.17, 15) is 22.6 Å². The zero-order valence-corrected chi connectivity index (χ0v) is 18.6. The fourth-order valence-electron chi connectivity index (χ4n) is 2.81. The Kier molecular flexibility index (Phi) is 13.5. The minimum absolute atomic E-state index is 0. The summed E-state index contributed by atoms with van der Waals surface area (Å²) in [7, 11) is -4.77. The van der Waals surface area contributed by atoms with Crippen LogP contribution in [0.5, 0.6) is 0 Å². The number of hydrogen-bond donors (Lipinski definition) is 1. The monoisotopic (exact) mass is 423 g/mol. The summed E-state index contributed by atoms with van der Waals surface area (Å²) >= 11 is 0. The Hall–Kier alpha value is -1.07. The van der Waals surface area contributed by atoms with Gasteiger partial charge in [-0.05, 0) is 25.0 Å². The van der Waals surface area contributed by atoms with Crippen LogP contribution in [-0.2, 0) is 29.2 Å². The third-order valence-electron chi connectivity index (χ3n) is 4.66. The van der Waals surface area contributed by atoms with Crippen LogP contribution in [-0.4, -0.2) is 61.7 Å². The van der Waals surface area contributed by atoms with E-state index < -0.39 is 26.8 Å². The largest absolute Gasteiger partial charge is 0.464 e. The molecule has 0 fully saturated rings. The van der Waals surface area contributed by atoms with Crippen molar-refractivity contribution in [3.05, 3.63) is 23.8 Å². The van der Waals surface area contributed by atoms with E-state index >= 15 is 0 Å². The van der Waals surface area contributed by atoms with Crippen LogP contribution in [0.15, 0.2) is 23.8 Å². The van der Waals surface area contributed by atoms with Crippen molar-refractivity contribution in [2.75, 3.05) is 13.2 Å². The molecule has 1 atom stereocenters. The third-order valence-corrected chi connectivity index (χ3v) is 6.05. The number of esters is 2. The molecule has 0 aliphatic heterocycles. The fraction of sp³-hybridized carbons (Fsp3) is 0.700. The van der Waals surface area contributed by atoms with E-state index in [0.717, 1.165) is 51.0 Å². The molecule has 1 rings (SSSR count). The van der Waals surface area contributed by atoms with Crippen molar-refractivity contribution in [3.63, 3.8) is 0 Å². The molecule has 9 heteroatoms. The predicted molar refractivity (Wildman–Crippen MR) is 112 cm³/mol. The Bertz CT molecular complexity index is 685. The standard InChI is InChI=1S/C20H32O7S.Li/c1-3-5-7-9-15-26-18(21)17-11-13-20(14-12-17,28(23,24)25)19(22)27-16-10-8-6-4-2;/h11-13H,3-10,14-16H2,1-2H3,(H,23,24,25);. The second kappa shape index (κ2) is 14.0. The first kappa shape index (κ1) is 27.9. The Morgan fingerprint density at radius 1 is 1.00 bits per heavy atom. The quantitative estimate of drug-likeness (QED) is 0.209. The van der Waals surface area contributed by atoms with E-state index in [2.05, 4.69) is 6.92 Å². The molecule has 1 radical (unpaired) electrons. The van der Waals surface area contributed by atoms with Crippen molar-refractivity contribution < 1.29 is 32.0 Å². The van der Waals surface area contributed by atoms with Gasteiger partial charge < -0.3 is 9.47 Å². The molecule has 161 valence electrons. The SMILES string of the molecule is CCCCCCOC(=O)C1=CCC(C(=O)OCCCCCC)(S(=O)(=O)O)C=C1.[Li]. The Morgan fingerprint density at radius 2 is 1.55 bits per heavy atom. The van der Waals surface area contributed by atoms with Gasteiger partial charge in [0.2, 0.25) is 4.75 Å². The summed E-state index contributed by atoms with van der Waals surface area (Å²) in [5, 5.41) is 0. The number of unbranched alkanes of at least 4 members (excludes halogenated alkanes) is 6. The first-order valence-electron chi connectivity index (χ1n) is 9.99. The van der Waals surface area contributed by atoms with Gasteiger partial charge in [-0.15, -0.1) is 0 Å². The van der Waals surface area contributed by atoms with Crippen LogP contribution in [0, 0.1) is 0 Å². The van der Waals surface area contributed by atoms with Crippen molar-refractivity contribution in [2.45, 2.75) is 76.4 Å². The minimum atomic E-state index is -4.77. The molecular weight excluding hydrogens is 391 g/mol. The molecule has 1 aliphatic carbocycles. The molecule has 0 aromatic rings. The van der Waals surface area contributed by atoms with Gasteiger partial charge in [-0.2, -0.15) is 8.42 Å². The molecule has 0 heterocycles. The summed E-state index contributed by atoms with van der Waals surface area (Å²) in [5.41, 5.74) is 0.158. The maximum Gasteiger partial charge on any atom is 0.337 e. The Balaban J connectivity index is 0.00000784. The number of allylic oxidation sites excluding steroid dienone is 1. The maximum atomic E-state index is 12.4. The summed E-state index contributed by atoms with van der Waals surface area (Å²) < 4.78 is 41.4. The van der Waals surface area contributed by atoms with Gasteiger partial charge in [0.05, 0.1) is 18.8 Å². The predicted octanol–water partition coefficient (Wildman–Crippen LogP) is 3.37. The van der Waals surface area contributed by atoms with E-state index in [1.165, 1.54) is 12.2 Å². The molecule has 7 nitrogen and oxygen atoms in total. The van der Waals surface area contributed by atoms with Gasteiger partial charge in [0.15, 0.2) is 0 Å². The first-order valence-corrected chi connectivity index (χ1v) is 11.4. The summed E-state index contributed by atoms with van der Waals surface area (Å²) in [6.07, 6.45) is 10.5. The zero-order chi connectivity index (χ0) is 21.0. The van der Waals surface area contributed by atoms with E-state index in [1.54, 1.807) is 0 Å². The molecule has 1 aliphatic rings. The summed E-state index contributed by atoms with van der Waals surface area (Å²) in [6, 6.07) is 0. The normalized spacial score (nSPS) is 18.5. The fourth-order valence-corrected chi connectivity index (χ4v) is 3.62. The molecule has 0 bridgehead atoms. The molecular formula is C20H32LiO7S. The summed E-state index contributed by atoms with van der Waals surface area (Å²) in [5.74, 6) is -1.62. The minimum Gasteiger partial charge on any atom is -0.464 e. The smallest absolute Gasteiger partial charge is 0.337 e. The average Bonchev–Trinajstić information content (AvgIpc) is 2.66. The average molecular weight is 423 g/mol. The first-order chi connectivity index (χ1) is 13.3. The van der Waals surface area contributed by atoms with Gasteiger partial charge in [0.25, 0.3) is 10.1 Å². The topological polar surface area (TPSA) is 107 Å². The summed E-state index contributed by atoms with van der Waals surface area (Å²) in [4.78, 5) is 24.5. The van der Waals surface area contributed by atoms with Gasteiger partial charge in [-0.1, -0.05) is 58.4 Å². The Labute approximate surface area is 186 Å². The Morgan fingerprint density at radius 3 is 2.00 bits per heavy atom. The van der Waals surface area contributed by atoms with Crippen molar-refractivity contribution in [1.29, 1.82) is 0 Å². The number of carbonyl (C=O) groups is 2. The van der Waals surface area contributed by atoms with Gasteiger partial charge in [0, 0.05) is 25.3 Å². The maximum absolute atomic E-state index is 12.4. The summed E-state index contributed by atoms with van der Waals surface area (Å²) in [6.45, 7) is 4.50. The van der Waals surface area contributed by atoms with E-state index in [1.807, 2.05) is 6.92 Å². The van der Waals surface area contributed by atoms with Gasteiger partial charge >= 0.3 is 11.9 Å². The molecule has 29 heavy (non-hydrogen) atoms. The van der Waals surface area contributed by atoms with Crippen LogP contribution in [0.1, 0.15) is 71.6 Å². The second-order valence-corrected chi connectivity index (χ2v) is 8.63. The number of rotatable bonds is 13. The molecule has 0 aromatic carbocycles. The van der Waals surface area contributed by atoms with Gasteiger partial charge in [-0.25, -0.2) is 9.59 Å². The van der Waals surface area contributed by atoms with Crippen molar-refractivity contribution >= 4 is 40.9 Å².